The van der Waals surface area contributed by atoms with Crippen molar-refractivity contribution in [2.24, 2.45) is 0 Å². The number of fused-ring (bicyclic) bond motifs is 1. The molecule has 0 bridgehead atoms. The molecule has 1 aliphatic heterocycles. The molecule has 0 saturated carbocycles. The monoisotopic (exact) mass is 373 g/mol. The van der Waals surface area contributed by atoms with E-state index in [1.807, 2.05) is 24.3 Å². The molecule has 0 unspecified atom stereocenters. The molecule has 6 nitrogen and oxygen atoms in total. The molecule has 1 fully saturated rings. The lowest BCUT2D eigenvalue weighted by atomic mass is 10.2. The first-order valence-corrected chi connectivity index (χ1v) is 8.60. The fourth-order valence-corrected chi connectivity index (χ4v) is 3.65. The van der Waals surface area contributed by atoms with Crippen LogP contribution in [-0.2, 0) is 9.59 Å². The van der Waals surface area contributed by atoms with Gasteiger partial charge in [0.05, 0.1) is 23.2 Å². The lowest BCUT2D eigenvalue weighted by Crippen LogP contribution is -2.33. The van der Waals surface area contributed by atoms with E-state index in [4.69, 9.17) is 17.0 Å². The van der Waals surface area contributed by atoms with Crippen LogP contribution in [0.25, 0.3) is 17.0 Å². The first kappa shape index (κ1) is 17.4. The molecule has 1 amide bonds. The van der Waals surface area contributed by atoms with Gasteiger partial charge in [0.15, 0.2) is 0 Å². The molecular formula is C17H13N2O4S2-. The molecule has 2 heterocycles. The molecule has 1 saturated heterocycles. The number of hydrogen-bond acceptors (Lipinski definition) is 7. The van der Waals surface area contributed by atoms with Crippen LogP contribution < -0.4 is 9.84 Å². The summed E-state index contributed by atoms with van der Waals surface area (Å²) in [4.78, 5) is 29.2. The number of carbonyl (C=O) groups is 2. The summed E-state index contributed by atoms with van der Waals surface area (Å²) in [6.07, 6.45) is 1.40. The fourth-order valence-electron chi connectivity index (χ4n) is 2.36. The van der Waals surface area contributed by atoms with E-state index in [9.17, 15) is 14.7 Å². The van der Waals surface area contributed by atoms with E-state index < -0.39 is 5.97 Å². The highest BCUT2D eigenvalue weighted by atomic mass is 32.2. The second-order valence-corrected chi connectivity index (χ2v) is 6.93. The molecule has 25 heavy (non-hydrogen) atoms. The first-order chi connectivity index (χ1) is 12.0. The highest BCUT2D eigenvalue weighted by molar-refractivity contribution is 8.26. The number of carboxylic acid groups (broad SMARTS) is 1. The first-order valence-electron chi connectivity index (χ1n) is 7.38. The molecule has 1 aliphatic rings. The summed E-state index contributed by atoms with van der Waals surface area (Å²) in [5, 5.41) is 11.5. The number of aromatic nitrogens is 1. The van der Waals surface area contributed by atoms with Gasteiger partial charge in [-0.3, -0.25) is 9.69 Å². The summed E-state index contributed by atoms with van der Waals surface area (Å²) in [5.41, 5.74) is 1.40. The minimum atomic E-state index is -1.22. The third-order valence-corrected chi connectivity index (χ3v) is 4.99. The minimum absolute atomic E-state index is 0.00921. The van der Waals surface area contributed by atoms with Crippen LogP contribution in [0.1, 0.15) is 12.1 Å². The fraction of sp³-hybridized carbons (Fsp3) is 0.176. The van der Waals surface area contributed by atoms with Gasteiger partial charge >= 0.3 is 0 Å². The number of aliphatic carboxylic acids is 1. The Morgan fingerprint density at radius 1 is 1.40 bits per heavy atom. The number of hydrogen-bond donors (Lipinski definition) is 0. The zero-order chi connectivity index (χ0) is 18.0. The highest BCUT2D eigenvalue weighted by Crippen LogP contribution is 2.32. The van der Waals surface area contributed by atoms with E-state index in [0.29, 0.717) is 14.9 Å². The average Bonchev–Trinajstić information content (AvgIpc) is 2.86. The van der Waals surface area contributed by atoms with Crippen LogP contribution in [0.15, 0.2) is 35.2 Å². The van der Waals surface area contributed by atoms with Crippen molar-refractivity contribution in [3.8, 4) is 5.75 Å². The van der Waals surface area contributed by atoms with E-state index in [-0.39, 0.29) is 18.9 Å². The second-order valence-electron chi connectivity index (χ2n) is 5.25. The summed E-state index contributed by atoms with van der Waals surface area (Å²) in [7, 11) is 1.60. The molecule has 1 aromatic heterocycles. The van der Waals surface area contributed by atoms with Gasteiger partial charge in [-0.15, -0.1) is 0 Å². The lowest BCUT2D eigenvalue weighted by Gasteiger charge is -2.14. The zero-order valence-corrected chi connectivity index (χ0v) is 14.9. The Morgan fingerprint density at radius 2 is 2.20 bits per heavy atom. The number of carbonyl (C=O) groups excluding carboxylic acids is 2. The number of amides is 1. The Bertz CT molecular complexity index is 911. The molecule has 1 aromatic carbocycles. The smallest absolute Gasteiger partial charge is 0.266 e. The molecular weight excluding hydrogens is 360 g/mol. The molecule has 0 radical (unpaired) electrons. The van der Waals surface area contributed by atoms with Crippen molar-refractivity contribution in [1.82, 2.24) is 9.88 Å². The van der Waals surface area contributed by atoms with Gasteiger partial charge in [0.2, 0.25) is 0 Å². The Kier molecular flexibility index (Phi) is 5.00. The summed E-state index contributed by atoms with van der Waals surface area (Å²) < 4.78 is 5.52. The maximum Gasteiger partial charge on any atom is 0.266 e. The largest absolute Gasteiger partial charge is 0.550 e. The number of pyridine rings is 1. The lowest BCUT2D eigenvalue weighted by molar-refractivity contribution is -0.305. The molecule has 8 heteroatoms. The normalized spacial score (nSPS) is 16.0. The van der Waals surface area contributed by atoms with Gasteiger partial charge in [-0.05, 0) is 30.3 Å². The topological polar surface area (TPSA) is 82.6 Å². The second kappa shape index (κ2) is 7.20. The Labute approximate surface area is 153 Å². The molecule has 0 spiro atoms. The number of thiocarbonyl (C=S) groups is 1. The Morgan fingerprint density at radius 3 is 2.92 bits per heavy atom. The van der Waals surface area contributed by atoms with Crippen LogP contribution in [0.2, 0.25) is 0 Å². The van der Waals surface area contributed by atoms with Crippen molar-refractivity contribution >= 4 is 57.2 Å². The predicted octanol–water partition coefficient (Wildman–Crippen LogP) is 1.58. The third-order valence-electron chi connectivity index (χ3n) is 3.61. The number of nitrogens with zero attached hydrogens (tertiary/aromatic N) is 2. The van der Waals surface area contributed by atoms with Crippen molar-refractivity contribution in [2.75, 3.05) is 13.7 Å². The maximum absolute atomic E-state index is 12.4. The molecule has 0 N–H and O–H groups in total. The Balaban J connectivity index is 1.85. The van der Waals surface area contributed by atoms with Crippen molar-refractivity contribution in [3.63, 3.8) is 0 Å². The number of ether oxygens (including phenoxy) is 1. The summed E-state index contributed by atoms with van der Waals surface area (Å²) in [6.45, 7) is 0.00921. The minimum Gasteiger partial charge on any atom is -0.550 e. The molecule has 2 aromatic rings. The van der Waals surface area contributed by atoms with Gasteiger partial charge in [0.1, 0.15) is 10.1 Å². The summed E-state index contributed by atoms with van der Waals surface area (Å²) in [6, 6.07) is 9.24. The SMILES string of the molecule is COc1ccc2nc(/C=C3\SC(=S)N(CCC(=O)[O-])C3=O)ccc2c1. The molecule has 0 atom stereocenters. The maximum atomic E-state index is 12.4. The van der Waals surface area contributed by atoms with Crippen LogP contribution in [-0.4, -0.2) is 39.7 Å². The van der Waals surface area contributed by atoms with Crippen LogP contribution in [0.4, 0.5) is 0 Å². The van der Waals surface area contributed by atoms with E-state index in [1.165, 1.54) is 4.90 Å². The molecule has 128 valence electrons. The van der Waals surface area contributed by atoms with E-state index >= 15 is 0 Å². The van der Waals surface area contributed by atoms with Gasteiger partial charge in [-0.2, -0.15) is 0 Å². The summed E-state index contributed by atoms with van der Waals surface area (Å²) >= 11 is 6.28. The third kappa shape index (κ3) is 3.80. The van der Waals surface area contributed by atoms with E-state index in [2.05, 4.69) is 4.98 Å². The van der Waals surface area contributed by atoms with Gasteiger partial charge in [-0.25, -0.2) is 4.98 Å². The number of carboxylic acids is 1. The Hall–Kier alpha value is -2.45. The number of benzene rings is 1. The van der Waals surface area contributed by atoms with Crippen molar-refractivity contribution in [3.05, 3.63) is 40.9 Å². The quantitative estimate of drug-likeness (QED) is 0.581. The van der Waals surface area contributed by atoms with Crippen LogP contribution in [0.5, 0.6) is 5.75 Å². The van der Waals surface area contributed by atoms with E-state index in [0.717, 1.165) is 28.4 Å². The number of methoxy groups -OCH3 is 1. The van der Waals surface area contributed by atoms with Crippen LogP contribution in [0.3, 0.4) is 0 Å². The van der Waals surface area contributed by atoms with Gasteiger partial charge in [0.25, 0.3) is 5.91 Å². The van der Waals surface area contributed by atoms with Gasteiger partial charge in [-0.1, -0.05) is 30.0 Å². The standard InChI is InChI=1S/C17H14N2O4S2/c1-23-12-4-5-13-10(8-12)2-3-11(18-13)9-14-16(22)19(17(24)25-14)7-6-15(20)21/h2-5,8-9H,6-7H2,1H3,(H,20,21)/p-1/b14-9-. The number of rotatable bonds is 5. The van der Waals surface area contributed by atoms with Crippen molar-refractivity contribution < 1.29 is 19.4 Å². The molecule has 0 aliphatic carbocycles. The van der Waals surface area contributed by atoms with Crippen LogP contribution >= 0.6 is 24.0 Å². The van der Waals surface area contributed by atoms with Crippen molar-refractivity contribution in [2.45, 2.75) is 6.42 Å². The molecule has 3 rings (SSSR count). The van der Waals surface area contributed by atoms with Gasteiger partial charge < -0.3 is 14.6 Å². The summed E-state index contributed by atoms with van der Waals surface area (Å²) in [5.74, 6) is -0.784. The number of thioether (sulfide) groups is 1. The van der Waals surface area contributed by atoms with Crippen molar-refractivity contribution in [1.29, 1.82) is 0 Å². The van der Waals surface area contributed by atoms with E-state index in [1.54, 1.807) is 19.3 Å². The van der Waals surface area contributed by atoms with Gasteiger partial charge in [0, 0.05) is 24.3 Å². The predicted molar refractivity (Wildman–Crippen MR) is 97.8 cm³/mol. The van der Waals surface area contributed by atoms with Crippen LogP contribution in [0, 0.1) is 0 Å². The zero-order valence-electron chi connectivity index (χ0n) is 13.2. The average molecular weight is 373 g/mol. The highest BCUT2D eigenvalue weighted by Gasteiger charge is 2.31.